The Hall–Kier alpha value is -1.41. The molecular formula is C25H37NSi. The quantitative estimate of drug-likeness (QED) is 0.525. The predicted octanol–water partition coefficient (Wildman–Crippen LogP) is 6.93. The highest BCUT2D eigenvalue weighted by atomic mass is 28.3. The van der Waals surface area contributed by atoms with Crippen molar-refractivity contribution >= 4 is 13.3 Å². The van der Waals surface area contributed by atoms with Crippen molar-refractivity contribution in [1.82, 2.24) is 4.98 Å². The number of hydrogen-bond donors (Lipinski definition) is 0. The molecule has 1 saturated carbocycles. The maximum atomic E-state index is 4.88. The minimum atomic E-state index is -1.40. The van der Waals surface area contributed by atoms with Crippen LogP contribution >= 0.6 is 0 Å². The average molecular weight is 380 g/mol. The van der Waals surface area contributed by atoms with Crippen molar-refractivity contribution in [3.63, 3.8) is 0 Å². The van der Waals surface area contributed by atoms with Crippen LogP contribution in [0, 0.1) is 5.41 Å². The first kappa shape index (κ1) is 20.3. The van der Waals surface area contributed by atoms with Gasteiger partial charge in [-0.25, -0.2) is 0 Å². The van der Waals surface area contributed by atoms with Crippen molar-refractivity contribution in [1.29, 1.82) is 0 Å². The molecule has 1 heterocycles. The predicted molar refractivity (Wildman–Crippen MR) is 122 cm³/mol. The van der Waals surface area contributed by atoms with E-state index in [4.69, 9.17) is 4.98 Å². The molecule has 0 radical (unpaired) electrons. The van der Waals surface area contributed by atoms with Crippen molar-refractivity contribution in [2.75, 3.05) is 0 Å². The van der Waals surface area contributed by atoms with Gasteiger partial charge in [0, 0.05) is 11.8 Å². The summed E-state index contributed by atoms with van der Waals surface area (Å²) in [5, 5.41) is 1.51. The Labute approximate surface area is 167 Å². The third kappa shape index (κ3) is 5.31. The van der Waals surface area contributed by atoms with Crippen LogP contribution in [-0.4, -0.2) is 13.1 Å². The molecule has 0 amide bonds. The number of rotatable bonds is 4. The fourth-order valence-electron chi connectivity index (χ4n) is 4.41. The van der Waals surface area contributed by atoms with Crippen LogP contribution < -0.4 is 5.19 Å². The summed E-state index contributed by atoms with van der Waals surface area (Å²) in [6, 6.07) is 11.7. The van der Waals surface area contributed by atoms with Crippen LogP contribution in [0.1, 0.15) is 69.9 Å². The minimum absolute atomic E-state index is 0.290. The van der Waals surface area contributed by atoms with Gasteiger partial charge in [-0.3, -0.25) is 4.98 Å². The van der Waals surface area contributed by atoms with E-state index >= 15 is 0 Å². The number of pyridine rings is 1. The molecular weight excluding hydrogens is 342 g/mol. The summed E-state index contributed by atoms with van der Waals surface area (Å²) in [5.41, 5.74) is 5.70. The molecule has 0 aliphatic heterocycles. The van der Waals surface area contributed by atoms with E-state index in [0.717, 1.165) is 18.0 Å². The van der Waals surface area contributed by atoms with E-state index in [2.05, 4.69) is 76.9 Å². The molecule has 0 bridgehead atoms. The van der Waals surface area contributed by atoms with Crippen molar-refractivity contribution in [2.45, 2.75) is 84.9 Å². The van der Waals surface area contributed by atoms with Crippen molar-refractivity contribution < 1.29 is 0 Å². The fraction of sp³-hybridized carbons (Fsp3) is 0.560. The van der Waals surface area contributed by atoms with Crippen molar-refractivity contribution in [3.8, 4) is 11.3 Å². The third-order valence-electron chi connectivity index (χ3n) is 5.80. The van der Waals surface area contributed by atoms with E-state index < -0.39 is 8.07 Å². The molecule has 0 N–H and O–H groups in total. The van der Waals surface area contributed by atoms with Gasteiger partial charge in [0.05, 0.1) is 13.8 Å². The smallest absolute Gasteiger partial charge is 0.0799 e. The second-order valence-corrected chi connectivity index (χ2v) is 15.7. The summed E-state index contributed by atoms with van der Waals surface area (Å²) >= 11 is 0. The first-order valence-corrected chi connectivity index (χ1v) is 14.2. The van der Waals surface area contributed by atoms with E-state index in [1.54, 1.807) is 0 Å². The standard InChI is InChI=1S/C25H37NSi/c1-25(2,3)17-22-16-23(26-18-24(22)27(4,5)6)21-14-12-20(13-15-21)19-10-8-7-9-11-19/h12-16,18-19H,7-11,17H2,1-6H3. The summed E-state index contributed by atoms with van der Waals surface area (Å²) in [6.07, 6.45) is 10.2. The molecule has 0 unspecified atom stereocenters. The van der Waals surface area contributed by atoms with Gasteiger partial charge in [-0.1, -0.05) is 83.9 Å². The second kappa shape index (κ2) is 7.91. The van der Waals surface area contributed by atoms with Crippen LogP contribution in [0.5, 0.6) is 0 Å². The van der Waals surface area contributed by atoms with E-state index in [0.29, 0.717) is 0 Å². The maximum absolute atomic E-state index is 4.88. The Balaban J connectivity index is 1.90. The topological polar surface area (TPSA) is 12.9 Å². The average Bonchev–Trinajstić information content (AvgIpc) is 2.60. The fourth-order valence-corrected chi connectivity index (χ4v) is 5.99. The summed E-state index contributed by atoms with van der Waals surface area (Å²) in [7, 11) is -1.40. The highest BCUT2D eigenvalue weighted by Crippen LogP contribution is 2.33. The zero-order valence-corrected chi connectivity index (χ0v) is 19.2. The third-order valence-corrected chi connectivity index (χ3v) is 7.87. The van der Waals surface area contributed by atoms with Gasteiger partial charge >= 0.3 is 0 Å². The van der Waals surface area contributed by atoms with E-state index in [-0.39, 0.29) is 5.41 Å². The SMILES string of the molecule is CC(C)(C)Cc1cc(-c2ccc(C3CCCCC3)cc2)ncc1[Si](C)(C)C. The highest BCUT2D eigenvalue weighted by molar-refractivity contribution is 6.89. The van der Waals surface area contributed by atoms with E-state index in [9.17, 15) is 0 Å². The molecule has 0 atom stereocenters. The molecule has 2 aromatic rings. The normalized spacial score (nSPS) is 16.5. The molecule has 3 rings (SSSR count). The van der Waals surface area contributed by atoms with Crippen LogP contribution in [0.3, 0.4) is 0 Å². The van der Waals surface area contributed by atoms with Crippen LogP contribution in [0.25, 0.3) is 11.3 Å². The van der Waals surface area contributed by atoms with Crippen molar-refractivity contribution in [2.24, 2.45) is 5.41 Å². The zero-order valence-electron chi connectivity index (χ0n) is 18.2. The lowest BCUT2D eigenvalue weighted by Gasteiger charge is -2.26. The first-order valence-electron chi connectivity index (χ1n) is 10.7. The molecule has 1 aliphatic rings. The van der Waals surface area contributed by atoms with Crippen LogP contribution in [0.4, 0.5) is 0 Å². The number of nitrogens with zero attached hydrogens (tertiary/aromatic N) is 1. The minimum Gasteiger partial charge on any atom is -0.256 e. The maximum Gasteiger partial charge on any atom is 0.0799 e. The van der Waals surface area contributed by atoms with Crippen molar-refractivity contribution in [3.05, 3.63) is 47.7 Å². The van der Waals surface area contributed by atoms with Crippen LogP contribution in [-0.2, 0) is 6.42 Å². The lowest BCUT2D eigenvalue weighted by atomic mass is 9.84. The van der Waals surface area contributed by atoms with Gasteiger partial charge in [0.2, 0.25) is 0 Å². The van der Waals surface area contributed by atoms with Gasteiger partial charge in [0.25, 0.3) is 0 Å². The zero-order chi connectivity index (χ0) is 19.7. The molecule has 0 saturated heterocycles. The number of aromatic nitrogens is 1. The molecule has 1 fully saturated rings. The molecule has 1 aliphatic carbocycles. The lowest BCUT2D eigenvalue weighted by Crippen LogP contribution is -2.41. The highest BCUT2D eigenvalue weighted by Gasteiger charge is 2.24. The Bertz CT molecular complexity index is 756. The van der Waals surface area contributed by atoms with Crippen LogP contribution in [0.2, 0.25) is 19.6 Å². The van der Waals surface area contributed by atoms with Gasteiger partial charge in [0.15, 0.2) is 0 Å². The second-order valence-electron chi connectivity index (χ2n) is 10.7. The number of hydrogen-bond acceptors (Lipinski definition) is 1. The molecule has 27 heavy (non-hydrogen) atoms. The largest absolute Gasteiger partial charge is 0.256 e. The van der Waals surface area contributed by atoms with Gasteiger partial charge in [-0.2, -0.15) is 0 Å². The first-order chi connectivity index (χ1) is 12.6. The molecule has 1 aromatic carbocycles. The van der Waals surface area contributed by atoms with E-state index in [1.807, 2.05) is 0 Å². The van der Waals surface area contributed by atoms with E-state index in [1.165, 1.54) is 54.0 Å². The Morgan fingerprint density at radius 3 is 2.15 bits per heavy atom. The lowest BCUT2D eigenvalue weighted by molar-refractivity contribution is 0.412. The summed E-state index contributed by atoms with van der Waals surface area (Å²) < 4.78 is 0. The molecule has 2 heteroatoms. The monoisotopic (exact) mass is 379 g/mol. The molecule has 146 valence electrons. The molecule has 0 spiro atoms. The number of benzene rings is 1. The molecule has 1 aromatic heterocycles. The van der Waals surface area contributed by atoms with Gasteiger partial charge in [-0.15, -0.1) is 0 Å². The summed E-state index contributed by atoms with van der Waals surface area (Å²) in [5.74, 6) is 0.770. The Kier molecular flexibility index (Phi) is 5.95. The summed E-state index contributed by atoms with van der Waals surface area (Å²) in [6.45, 7) is 14.3. The van der Waals surface area contributed by atoms with Crippen LogP contribution in [0.15, 0.2) is 36.5 Å². The Morgan fingerprint density at radius 2 is 1.59 bits per heavy atom. The molecule has 1 nitrogen and oxygen atoms in total. The van der Waals surface area contributed by atoms with Gasteiger partial charge < -0.3 is 0 Å². The Morgan fingerprint density at radius 1 is 0.963 bits per heavy atom. The van der Waals surface area contributed by atoms with Gasteiger partial charge in [0.1, 0.15) is 0 Å². The summed E-state index contributed by atoms with van der Waals surface area (Å²) in [4.78, 5) is 4.88. The van der Waals surface area contributed by atoms with Gasteiger partial charge in [-0.05, 0) is 53.0 Å².